The number of rotatable bonds is 4. The number of carboxylic acid groups (broad SMARTS) is 1. The van der Waals surface area contributed by atoms with Gasteiger partial charge in [-0.15, -0.1) is 11.3 Å². The summed E-state index contributed by atoms with van der Waals surface area (Å²) >= 11 is 1.11. The van der Waals surface area contributed by atoms with Crippen LogP contribution in [0, 0.1) is 12.3 Å². The molecule has 6 nitrogen and oxygen atoms in total. The first-order valence-corrected chi connectivity index (χ1v) is 7.83. The molecule has 0 aliphatic carbocycles. The zero-order valence-electron chi connectivity index (χ0n) is 12.5. The third kappa shape index (κ3) is 3.59. The molecule has 1 fully saturated rings. The van der Waals surface area contributed by atoms with Gasteiger partial charge in [0.05, 0.1) is 18.3 Å². The summed E-state index contributed by atoms with van der Waals surface area (Å²) < 4.78 is 0. The van der Waals surface area contributed by atoms with Crippen molar-refractivity contribution in [1.82, 2.24) is 15.6 Å². The first-order valence-electron chi connectivity index (χ1n) is 7.02. The first kappa shape index (κ1) is 15.9. The molecule has 0 saturated carbocycles. The van der Waals surface area contributed by atoms with E-state index in [1.807, 2.05) is 0 Å². The number of carbonyl (C=O) groups is 2. The van der Waals surface area contributed by atoms with Gasteiger partial charge in [0.1, 0.15) is 9.88 Å². The van der Waals surface area contributed by atoms with Gasteiger partial charge in [-0.3, -0.25) is 4.79 Å². The van der Waals surface area contributed by atoms with Gasteiger partial charge in [-0.05, 0) is 31.7 Å². The van der Waals surface area contributed by atoms with Crippen LogP contribution in [-0.2, 0) is 11.3 Å². The lowest BCUT2D eigenvalue weighted by Gasteiger charge is -2.38. The number of thiazole rings is 1. The minimum absolute atomic E-state index is 0.0515. The molecule has 0 bridgehead atoms. The van der Waals surface area contributed by atoms with Crippen molar-refractivity contribution in [3.63, 3.8) is 0 Å². The van der Waals surface area contributed by atoms with Gasteiger partial charge in [0.25, 0.3) is 0 Å². The van der Waals surface area contributed by atoms with Gasteiger partial charge >= 0.3 is 5.97 Å². The van der Waals surface area contributed by atoms with Crippen molar-refractivity contribution in [3.8, 4) is 0 Å². The van der Waals surface area contributed by atoms with E-state index < -0.39 is 5.97 Å². The van der Waals surface area contributed by atoms with Crippen molar-refractivity contribution in [3.05, 3.63) is 15.6 Å². The van der Waals surface area contributed by atoms with E-state index in [9.17, 15) is 9.59 Å². The molecule has 21 heavy (non-hydrogen) atoms. The molecule has 0 radical (unpaired) electrons. The van der Waals surface area contributed by atoms with Gasteiger partial charge in [-0.1, -0.05) is 13.8 Å². The highest BCUT2D eigenvalue weighted by Gasteiger charge is 2.36. The van der Waals surface area contributed by atoms with E-state index in [-0.39, 0.29) is 28.8 Å². The molecule has 0 aromatic carbocycles. The molecule has 1 amide bonds. The van der Waals surface area contributed by atoms with E-state index in [1.165, 1.54) is 0 Å². The molecule has 2 rings (SSSR count). The van der Waals surface area contributed by atoms with Crippen LogP contribution in [0.3, 0.4) is 0 Å². The molecule has 7 heteroatoms. The van der Waals surface area contributed by atoms with Crippen molar-refractivity contribution < 1.29 is 14.7 Å². The second-order valence-electron chi connectivity index (χ2n) is 6.02. The topological polar surface area (TPSA) is 91.3 Å². The lowest BCUT2D eigenvalue weighted by Crippen LogP contribution is -2.55. The van der Waals surface area contributed by atoms with Crippen molar-refractivity contribution in [2.45, 2.75) is 46.2 Å². The summed E-state index contributed by atoms with van der Waals surface area (Å²) in [6, 6.07) is -0.216. The quantitative estimate of drug-likeness (QED) is 0.784. The number of piperidine rings is 1. The lowest BCUT2D eigenvalue weighted by atomic mass is 9.77. The van der Waals surface area contributed by atoms with Gasteiger partial charge < -0.3 is 15.7 Å². The summed E-state index contributed by atoms with van der Waals surface area (Å²) in [6.45, 7) is 6.95. The lowest BCUT2D eigenvalue weighted by molar-refractivity contribution is -0.126. The monoisotopic (exact) mass is 311 g/mol. The van der Waals surface area contributed by atoms with Crippen molar-refractivity contribution in [1.29, 1.82) is 0 Å². The maximum atomic E-state index is 12.3. The highest BCUT2D eigenvalue weighted by Crippen LogP contribution is 2.30. The summed E-state index contributed by atoms with van der Waals surface area (Å²) in [5.41, 5.74) is 0.417. The van der Waals surface area contributed by atoms with Crippen LogP contribution in [0.2, 0.25) is 0 Å². The van der Waals surface area contributed by atoms with Crippen molar-refractivity contribution in [2.75, 3.05) is 6.54 Å². The largest absolute Gasteiger partial charge is 0.477 e. The summed E-state index contributed by atoms with van der Waals surface area (Å²) in [6.07, 6.45) is 2.09. The summed E-state index contributed by atoms with van der Waals surface area (Å²) in [4.78, 5) is 27.7. The predicted molar refractivity (Wildman–Crippen MR) is 80.5 cm³/mol. The molecule has 2 heterocycles. The first-order chi connectivity index (χ1) is 9.81. The Morgan fingerprint density at radius 2 is 2.24 bits per heavy atom. The molecule has 0 spiro atoms. The number of aromatic nitrogens is 1. The van der Waals surface area contributed by atoms with Crippen LogP contribution in [0.5, 0.6) is 0 Å². The molecule has 3 N–H and O–H groups in total. The average molecular weight is 311 g/mol. The summed E-state index contributed by atoms with van der Waals surface area (Å²) in [5.74, 6) is -1.03. The van der Waals surface area contributed by atoms with Crippen LogP contribution >= 0.6 is 11.3 Å². The van der Waals surface area contributed by atoms with E-state index in [2.05, 4.69) is 29.5 Å². The maximum absolute atomic E-state index is 12.3. The Morgan fingerprint density at radius 1 is 1.52 bits per heavy atom. The zero-order chi connectivity index (χ0) is 15.6. The van der Waals surface area contributed by atoms with E-state index in [4.69, 9.17) is 5.11 Å². The molecular weight excluding hydrogens is 290 g/mol. The maximum Gasteiger partial charge on any atom is 0.347 e. The number of nitrogens with one attached hydrogen (secondary N) is 2. The number of aromatic carboxylic acids is 1. The fourth-order valence-electron chi connectivity index (χ4n) is 2.65. The number of nitrogens with zero attached hydrogens (tertiary/aromatic N) is 1. The standard InChI is InChI=1S/C14H21N3O3S/c1-8-10(13(19)20)21-9(17-8)7-16-12(18)11-14(2,3)5-4-6-15-11/h11,15H,4-7H2,1-3H3,(H,16,18)(H,19,20). The number of hydrogen-bond donors (Lipinski definition) is 3. The number of aryl methyl sites for hydroxylation is 1. The van der Waals surface area contributed by atoms with Gasteiger partial charge in [0.15, 0.2) is 0 Å². The smallest absolute Gasteiger partial charge is 0.347 e. The van der Waals surface area contributed by atoms with Crippen molar-refractivity contribution >= 4 is 23.2 Å². The third-order valence-corrected chi connectivity index (χ3v) is 4.98. The van der Waals surface area contributed by atoms with E-state index >= 15 is 0 Å². The van der Waals surface area contributed by atoms with Crippen LogP contribution < -0.4 is 10.6 Å². The number of hydrogen-bond acceptors (Lipinski definition) is 5. The number of carbonyl (C=O) groups excluding carboxylic acids is 1. The Kier molecular flexibility index (Phi) is 4.63. The van der Waals surface area contributed by atoms with Gasteiger partial charge in [0, 0.05) is 0 Å². The Hall–Kier alpha value is -1.47. The van der Waals surface area contributed by atoms with E-state index in [0.29, 0.717) is 10.7 Å². The van der Waals surface area contributed by atoms with Gasteiger partial charge in [-0.25, -0.2) is 9.78 Å². The molecule has 1 saturated heterocycles. The summed E-state index contributed by atoms with van der Waals surface area (Å²) in [5, 5.41) is 15.7. The number of amides is 1. The average Bonchev–Trinajstić information content (AvgIpc) is 2.77. The van der Waals surface area contributed by atoms with Crippen LogP contribution in [0.15, 0.2) is 0 Å². The second kappa shape index (κ2) is 6.11. The highest BCUT2D eigenvalue weighted by atomic mass is 32.1. The minimum Gasteiger partial charge on any atom is -0.477 e. The zero-order valence-corrected chi connectivity index (χ0v) is 13.3. The molecule has 1 aliphatic rings. The Balaban J connectivity index is 1.98. The van der Waals surface area contributed by atoms with E-state index in [1.54, 1.807) is 6.92 Å². The third-order valence-electron chi connectivity index (χ3n) is 3.84. The summed E-state index contributed by atoms with van der Waals surface area (Å²) in [7, 11) is 0. The Bertz CT molecular complexity index is 554. The predicted octanol–water partition coefficient (Wildman–Crippen LogP) is 1.54. The minimum atomic E-state index is -0.974. The molecule has 1 atom stereocenters. The second-order valence-corrected chi connectivity index (χ2v) is 7.11. The van der Waals surface area contributed by atoms with Crippen LogP contribution in [0.1, 0.15) is 47.1 Å². The van der Waals surface area contributed by atoms with Crippen molar-refractivity contribution in [2.24, 2.45) is 5.41 Å². The molecule has 1 aromatic rings. The number of carboxylic acids is 1. The normalized spacial score (nSPS) is 21.0. The highest BCUT2D eigenvalue weighted by molar-refractivity contribution is 7.13. The van der Waals surface area contributed by atoms with Gasteiger partial charge in [-0.2, -0.15) is 0 Å². The van der Waals surface area contributed by atoms with Gasteiger partial charge in [0.2, 0.25) is 5.91 Å². The molecule has 1 unspecified atom stereocenters. The molecule has 116 valence electrons. The van der Waals surface area contributed by atoms with Crippen LogP contribution in [-0.4, -0.2) is 34.6 Å². The Morgan fingerprint density at radius 3 is 2.81 bits per heavy atom. The van der Waals surface area contributed by atoms with E-state index in [0.717, 1.165) is 30.7 Å². The fraction of sp³-hybridized carbons (Fsp3) is 0.643. The van der Waals surface area contributed by atoms with Crippen LogP contribution in [0.4, 0.5) is 0 Å². The SMILES string of the molecule is Cc1nc(CNC(=O)C2NCCCC2(C)C)sc1C(=O)O. The molecule has 1 aliphatic heterocycles. The fourth-order valence-corrected chi connectivity index (χ4v) is 3.49. The van der Waals surface area contributed by atoms with Crippen LogP contribution in [0.25, 0.3) is 0 Å². The molecular formula is C14H21N3O3S. The Labute approximate surface area is 128 Å². The molecule has 1 aromatic heterocycles.